The number of carbonyl (C=O) groups is 1. The fourth-order valence-electron chi connectivity index (χ4n) is 3.44. The van der Waals surface area contributed by atoms with Crippen molar-refractivity contribution in [1.82, 2.24) is 9.78 Å². The Kier molecular flexibility index (Phi) is 2.58. The van der Waals surface area contributed by atoms with E-state index in [9.17, 15) is 4.79 Å². The van der Waals surface area contributed by atoms with Crippen LogP contribution in [0.4, 0.5) is 5.82 Å². The van der Waals surface area contributed by atoms with E-state index in [1.807, 2.05) is 6.07 Å². The summed E-state index contributed by atoms with van der Waals surface area (Å²) in [5.74, 6) is 2.00. The van der Waals surface area contributed by atoms with Gasteiger partial charge in [-0.2, -0.15) is 10.4 Å². The van der Waals surface area contributed by atoms with Crippen LogP contribution in [0, 0.1) is 29.1 Å². The summed E-state index contributed by atoms with van der Waals surface area (Å²) in [5, 5.41) is 15.8. The molecule has 2 aliphatic rings. The molecule has 0 aromatic carbocycles. The highest BCUT2D eigenvalue weighted by Gasteiger charge is 2.43. The van der Waals surface area contributed by atoms with Crippen molar-refractivity contribution >= 4 is 11.7 Å². The van der Waals surface area contributed by atoms with Gasteiger partial charge in [0.05, 0.1) is 6.20 Å². The maximum absolute atomic E-state index is 12.3. The third-order valence-corrected chi connectivity index (χ3v) is 4.38. The highest BCUT2D eigenvalue weighted by molar-refractivity contribution is 5.93. The van der Waals surface area contributed by atoms with E-state index in [2.05, 4.69) is 10.4 Å². The second-order valence-electron chi connectivity index (χ2n) is 5.41. The van der Waals surface area contributed by atoms with Gasteiger partial charge in [0.25, 0.3) is 0 Å². The van der Waals surface area contributed by atoms with Crippen LogP contribution >= 0.6 is 0 Å². The number of nitrogens with one attached hydrogen (secondary N) is 1. The number of nitrogens with zero attached hydrogens (tertiary/aromatic N) is 3. The van der Waals surface area contributed by atoms with Gasteiger partial charge in [0.1, 0.15) is 17.5 Å². The van der Waals surface area contributed by atoms with Crippen molar-refractivity contribution in [2.75, 3.05) is 5.32 Å². The van der Waals surface area contributed by atoms with Crippen LogP contribution < -0.4 is 5.32 Å². The van der Waals surface area contributed by atoms with Gasteiger partial charge in [0.2, 0.25) is 5.91 Å². The topological polar surface area (TPSA) is 70.7 Å². The molecule has 2 bridgehead atoms. The number of nitriles is 1. The zero-order valence-electron chi connectivity index (χ0n) is 10.4. The standard InChI is InChI=1S/C13H16N4O/c1-17-12(10(6-14)7-15-17)16-13(18)11-5-8-2-3-9(11)4-8/h7-9,11H,2-5H2,1H3,(H,16,18). The van der Waals surface area contributed by atoms with Gasteiger partial charge in [-0.05, 0) is 31.1 Å². The van der Waals surface area contributed by atoms with Crippen molar-refractivity contribution in [1.29, 1.82) is 5.26 Å². The fraction of sp³-hybridized carbons (Fsp3) is 0.615. The normalized spacial score (nSPS) is 29.2. The number of anilines is 1. The van der Waals surface area contributed by atoms with Gasteiger partial charge in [-0.1, -0.05) is 6.42 Å². The third-order valence-electron chi connectivity index (χ3n) is 4.38. The van der Waals surface area contributed by atoms with Crippen molar-refractivity contribution in [3.05, 3.63) is 11.8 Å². The van der Waals surface area contributed by atoms with Crippen LogP contribution in [-0.4, -0.2) is 15.7 Å². The van der Waals surface area contributed by atoms with Crippen molar-refractivity contribution < 1.29 is 4.79 Å². The van der Waals surface area contributed by atoms with Crippen LogP contribution in [0.15, 0.2) is 6.20 Å². The second kappa shape index (κ2) is 4.13. The highest BCUT2D eigenvalue weighted by Crippen LogP contribution is 2.48. The SMILES string of the molecule is Cn1ncc(C#N)c1NC(=O)C1CC2CCC1C2. The van der Waals surface area contributed by atoms with Gasteiger partial charge >= 0.3 is 0 Å². The summed E-state index contributed by atoms with van der Waals surface area (Å²) >= 11 is 0. The monoisotopic (exact) mass is 244 g/mol. The van der Waals surface area contributed by atoms with Gasteiger partial charge in [0.15, 0.2) is 0 Å². The maximum Gasteiger partial charge on any atom is 0.228 e. The molecule has 3 atom stereocenters. The summed E-state index contributed by atoms with van der Waals surface area (Å²) < 4.78 is 1.55. The van der Waals surface area contributed by atoms with Gasteiger partial charge in [-0.3, -0.25) is 9.48 Å². The minimum Gasteiger partial charge on any atom is -0.310 e. The third kappa shape index (κ3) is 1.69. The molecule has 5 nitrogen and oxygen atoms in total. The Hall–Kier alpha value is -1.83. The largest absolute Gasteiger partial charge is 0.310 e. The molecule has 1 heterocycles. The number of hydrogen-bond donors (Lipinski definition) is 1. The maximum atomic E-state index is 12.3. The molecule has 5 heteroatoms. The van der Waals surface area contributed by atoms with E-state index in [4.69, 9.17) is 5.26 Å². The van der Waals surface area contributed by atoms with E-state index in [1.165, 1.54) is 25.5 Å². The first kappa shape index (κ1) is 11.3. The molecular weight excluding hydrogens is 228 g/mol. The van der Waals surface area contributed by atoms with Crippen molar-refractivity contribution in [2.45, 2.75) is 25.7 Å². The zero-order chi connectivity index (χ0) is 12.7. The number of amides is 1. The number of carbonyl (C=O) groups excluding carboxylic acids is 1. The molecule has 1 N–H and O–H groups in total. The lowest BCUT2D eigenvalue weighted by molar-refractivity contribution is -0.121. The quantitative estimate of drug-likeness (QED) is 0.860. The van der Waals surface area contributed by atoms with Gasteiger partial charge in [-0.15, -0.1) is 0 Å². The number of hydrogen-bond acceptors (Lipinski definition) is 3. The second-order valence-corrected chi connectivity index (χ2v) is 5.41. The molecule has 1 amide bonds. The van der Waals surface area contributed by atoms with Crippen LogP contribution in [0.3, 0.4) is 0 Å². The van der Waals surface area contributed by atoms with E-state index < -0.39 is 0 Å². The average Bonchev–Trinajstić information content (AvgIpc) is 3.06. The molecule has 0 saturated heterocycles. The summed E-state index contributed by atoms with van der Waals surface area (Å²) in [6.45, 7) is 0. The van der Waals surface area contributed by atoms with Gasteiger partial charge in [-0.25, -0.2) is 0 Å². The minimum absolute atomic E-state index is 0.0577. The lowest BCUT2D eigenvalue weighted by atomic mass is 9.88. The number of aryl methyl sites for hydroxylation is 1. The molecule has 2 aliphatic carbocycles. The first-order valence-corrected chi connectivity index (χ1v) is 6.42. The molecule has 1 aromatic rings. The average molecular weight is 244 g/mol. The molecule has 18 heavy (non-hydrogen) atoms. The smallest absolute Gasteiger partial charge is 0.228 e. The van der Waals surface area contributed by atoms with E-state index in [-0.39, 0.29) is 11.8 Å². The van der Waals surface area contributed by atoms with Crippen molar-refractivity contribution in [3.8, 4) is 6.07 Å². The molecule has 1 aromatic heterocycles. The van der Waals surface area contributed by atoms with Crippen LogP contribution in [0.25, 0.3) is 0 Å². The van der Waals surface area contributed by atoms with Gasteiger partial charge in [0, 0.05) is 13.0 Å². The predicted octanol–water partition coefficient (Wildman–Crippen LogP) is 1.67. The number of fused-ring (bicyclic) bond motifs is 2. The van der Waals surface area contributed by atoms with Crippen LogP contribution in [0.5, 0.6) is 0 Å². The Bertz CT molecular complexity index is 528. The molecule has 0 radical (unpaired) electrons. The lowest BCUT2D eigenvalue weighted by Gasteiger charge is -2.20. The summed E-state index contributed by atoms with van der Waals surface area (Å²) in [7, 11) is 1.73. The predicted molar refractivity (Wildman–Crippen MR) is 65.5 cm³/mol. The van der Waals surface area contributed by atoms with Crippen LogP contribution in [0.2, 0.25) is 0 Å². The summed E-state index contributed by atoms with van der Waals surface area (Å²) in [5.41, 5.74) is 0.425. The summed E-state index contributed by atoms with van der Waals surface area (Å²) in [4.78, 5) is 12.3. The zero-order valence-corrected chi connectivity index (χ0v) is 10.4. The first-order valence-electron chi connectivity index (χ1n) is 6.42. The first-order chi connectivity index (χ1) is 8.69. The summed E-state index contributed by atoms with van der Waals surface area (Å²) in [6.07, 6.45) is 6.16. The Morgan fingerprint density at radius 3 is 3.00 bits per heavy atom. The molecule has 3 unspecified atom stereocenters. The van der Waals surface area contributed by atoms with Crippen molar-refractivity contribution in [2.24, 2.45) is 24.8 Å². The fourth-order valence-corrected chi connectivity index (χ4v) is 3.44. The van der Waals surface area contributed by atoms with E-state index in [0.717, 1.165) is 12.3 Å². The molecule has 0 spiro atoms. The summed E-state index contributed by atoms with van der Waals surface area (Å²) in [6, 6.07) is 2.05. The minimum atomic E-state index is 0.0577. The van der Waals surface area contributed by atoms with Crippen LogP contribution in [0.1, 0.15) is 31.2 Å². The number of rotatable bonds is 2. The van der Waals surface area contributed by atoms with E-state index in [0.29, 0.717) is 17.3 Å². The molecule has 3 rings (SSSR count). The van der Waals surface area contributed by atoms with Crippen LogP contribution in [-0.2, 0) is 11.8 Å². The van der Waals surface area contributed by atoms with E-state index >= 15 is 0 Å². The van der Waals surface area contributed by atoms with Crippen molar-refractivity contribution in [3.63, 3.8) is 0 Å². The Balaban J connectivity index is 1.75. The molecular formula is C13H16N4O. The Labute approximate surface area is 106 Å². The van der Waals surface area contributed by atoms with Gasteiger partial charge < -0.3 is 5.32 Å². The lowest BCUT2D eigenvalue weighted by Crippen LogP contribution is -2.28. The molecule has 2 saturated carbocycles. The molecule has 94 valence electrons. The highest BCUT2D eigenvalue weighted by atomic mass is 16.2. The van der Waals surface area contributed by atoms with E-state index in [1.54, 1.807) is 11.7 Å². The Morgan fingerprint density at radius 2 is 2.39 bits per heavy atom. The molecule has 0 aliphatic heterocycles. The Morgan fingerprint density at radius 1 is 1.56 bits per heavy atom. The molecule has 2 fully saturated rings. The number of aromatic nitrogens is 2.